The summed E-state index contributed by atoms with van der Waals surface area (Å²) in [5.74, 6) is -8.90. The number of rotatable bonds is 0. The highest BCUT2D eigenvalue weighted by Crippen LogP contribution is 2.69. The number of fused-ring (bicyclic) bond motifs is 5. The molecule has 4 saturated carbocycles. The van der Waals surface area contributed by atoms with Gasteiger partial charge in [-0.15, -0.1) is 0 Å². The van der Waals surface area contributed by atoms with Crippen LogP contribution in [0.1, 0.15) is 65.2 Å². The third kappa shape index (κ3) is 1.96. The highest BCUT2D eigenvalue weighted by Gasteiger charge is 2.77. The molecule has 6 N–H and O–H groups in total. The van der Waals surface area contributed by atoms with E-state index in [0.29, 0.717) is 23.7 Å². The predicted octanol–water partition coefficient (Wildman–Crippen LogP) is 0.682. The molecule has 0 saturated heterocycles. The van der Waals surface area contributed by atoms with Crippen molar-refractivity contribution in [1.29, 1.82) is 0 Å². The Balaban J connectivity index is 1.77. The van der Waals surface area contributed by atoms with Crippen LogP contribution in [0.25, 0.3) is 0 Å². The average molecular weight is 356 g/mol. The third-order valence-corrected chi connectivity index (χ3v) is 9.01. The largest absolute Gasteiger partial charge is 0.361 e. The Hall–Kier alpha value is -0.240. The fourth-order valence-electron chi connectivity index (χ4n) is 7.42. The Morgan fingerprint density at radius 3 is 2.08 bits per heavy atom. The van der Waals surface area contributed by atoms with Gasteiger partial charge in [-0.05, 0) is 67.6 Å². The minimum atomic E-state index is -3.39. The molecule has 0 unspecified atom stereocenters. The van der Waals surface area contributed by atoms with E-state index in [1.165, 1.54) is 12.8 Å². The molecule has 6 nitrogen and oxygen atoms in total. The van der Waals surface area contributed by atoms with E-state index < -0.39 is 22.8 Å². The van der Waals surface area contributed by atoms with Crippen molar-refractivity contribution in [2.24, 2.45) is 34.5 Å². The van der Waals surface area contributed by atoms with E-state index in [-0.39, 0.29) is 18.3 Å². The van der Waals surface area contributed by atoms with Crippen LogP contribution in [0.4, 0.5) is 0 Å². The number of aliphatic hydroxyl groups is 6. The molecular formula is C19H32O6. The first-order valence-electron chi connectivity index (χ1n) is 9.73. The minimum Gasteiger partial charge on any atom is -0.361 e. The molecule has 0 bridgehead atoms. The summed E-state index contributed by atoms with van der Waals surface area (Å²) in [6.07, 6.45) is 6.70. The molecule has 4 rings (SSSR count). The molecule has 0 amide bonds. The van der Waals surface area contributed by atoms with Crippen molar-refractivity contribution in [3.8, 4) is 0 Å². The Labute approximate surface area is 148 Å². The molecule has 0 spiro atoms. The van der Waals surface area contributed by atoms with Crippen molar-refractivity contribution >= 4 is 0 Å². The van der Waals surface area contributed by atoms with Crippen molar-refractivity contribution in [3.05, 3.63) is 0 Å². The zero-order valence-corrected chi connectivity index (χ0v) is 15.1. The second-order valence-electron chi connectivity index (χ2n) is 9.88. The van der Waals surface area contributed by atoms with Crippen molar-refractivity contribution in [1.82, 2.24) is 0 Å². The van der Waals surface area contributed by atoms with Crippen LogP contribution >= 0.6 is 0 Å². The lowest BCUT2D eigenvalue weighted by Crippen LogP contribution is -2.81. The van der Waals surface area contributed by atoms with Crippen molar-refractivity contribution in [3.63, 3.8) is 0 Å². The van der Waals surface area contributed by atoms with Crippen LogP contribution in [0.2, 0.25) is 0 Å². The molecular weight excluding hydrogens is 324 g/mol. The van der Waals surface area contributed by atoms with Crippen LogP contribution in [0.15, 0.2) is 0 Å². The lowest BCUT2D eigenvalue weighted by molar-refractivity contribution is -0.511. The Bertz CT molecular complexity index is 572. The van der Waals surface area contributed by atoms with Crippen LogP contribution in [-0.2, 0) is 0 Å². The fraction of sp³-hybridized carbons (Fsp3) is 1.00. The first-order valence-corrected chi connectivity index (χ1v) is 9.73. The third-order valence-electron chi connectivity index (χ3n) is 9.01. The van der Waals surface area contributed by atoms with Gasteiger partial charge in [-0.3, -0.25) is 0 Å². The summed E-state index contributed by atoms with van der Waals surface area (Å²) in [6, 6.07) is 0. The first kappa shape index (κ1) is 18.1. The average Bonchev–Trinajstić information content (AvgIpc) is 2.90. The molecule has 6 heteroatoms. The molecule has 0 aromatic rings. The monoisotopic (exact) mass is 356 g/mol. The van der Waals surface area contributed by atoms with Crippen LogP contribution < -0.4 is 0 Å². The van der Waals surface area contributed by atoms with Crippen LogP contribution in [-0.4, -0.2) is 48.0 Å². The molecule has 0 heterocycles. The normalized spacial score (nSPS) is 52.8. The lowest BCUT2D eigenvalue weighted by Gasteiger charge is -2.67. The van der Waals surface area contributed by atoms with E-state index >= 15 is 0 Å². The molecule has 4 fully saturated rings. The van der Waals surface area contributed by atoms with Crippen molar-refractivity contribution < 1.29 is 30.6 Å². The van der Waals surface area contributed by atoms with Gasteiger partial charge in [-0.2, -0.15) is 0 Å². The zero-order chi connectivity index (χ0) is 18.5. The highest BCUT2D eigenvalue weighted by molar-refractivity contribution is 5.17. The van der Waals surface area contributed by atoms with Gasteiger partial charge in [-0.25, -0.2) is 0 Å². The van der Waals surface area contributed by atoms with Gasteiger partial charge in [0.1, 0.15) is 0 Å². The van der Waals surface area contributed by atoms with Gasteiger partial charge in [0, 0.05) is 11.8 Å². The summed E-state index contributed by atoms with van der Waals surface area (Å²) in [6.45, 7) is 4.05. The van der Waals surface area contributed by atoms with Gasteiger partial charge in [0.05, 0.1) is 0 Å². The van der Waals surface area contributed by atoms with E-state index in [0.717, 1.165) is 25.7 Å². The standard InChI is InChI=1S/C19H32O6/c1-15-8-3-4-13(15)12-6-5-11-10-17(20,21)19(24,25)18(22,23)16(11,2)14(12)7-9-15/h11-14,20-25H,3-10H2,1-2H3/t11-,12-,13-,14-,15-,16-/m0/s1. The van der Waals surface area contributed by atoms with Crippen molar-refractivity contribution in [2.45, 2.75) is 82.6 Å². The van der Waals surface area contributed by atoms with Gasteiger partial charge in [-0.1, -0.05) is 20.3 Å². The summed E-state index contributed by atoms with van der Waals surface area (Å²) in [5.41, 5.74) is -0.877. The maximum atomic E-state index is 10.9. The molecule has 25 heavy (non-hydrogen) atoms. The Morgan fingerprint density at radius 1 is 0.720 bits per heavy atom. The summed E-state index contributed by atoms with van der Waals surface area (Å²) >= 11 is 0. The molecule has 144 valence electrons. The second-order valence-corrected chi connectivity index (χ2v) is 9.88. The number of hydrogen-bond acceptors (Lipinski definition) is 6. The summed E-state index contributed by atoms with van der Waals surface area (Å²) in [5, 5.41) is 62.6. The zero-order valence-electron chi connectivity index (χ0n) is 15.1. The van der Waals surface area contributed by atoms with Gasteiger partial charge in [0.25, 0.3) is 5.79 Å². The highest BCUT2D eigenvalue weighted by atomic mass is 16.7. The Morgan fingerprint density at radius 2 is 1.40 bits per heavy atom. The van der Waals surface area contributed by atoms with Crippen LogP contribution in [0.5, 0.6) is 0 Å². The molecule has 4 aliphatic rings. The molecule has 4 aliphatic carbocycles. The van der Waals surface area contributed by atoms with Gasteiger partial charge < -0.3 is 30.6 Å². The topological polar surface area (TPSA) is 121 Å². The maximum absolute atomic E-state index is 10.9. The van der Waals surface area contributed by atoms with Crippen molar-refractivity contribution in [2.75, 3.05) is 0 Å². The first-order chi connectivity index (χ1) is 11.4. The smallest absolute Gasteiger partial charge is 0.274 e. The van der Waals surface area contributed by atoms with E-state index in [1.54, 1.807) is 6.92 Å². The second kappa shape index (κ2) is 4.97. The quantitative estimate of drug-likeness (QED) is 0.355. The number of hydrogen-bond donors (Lipinski definition) is 6. The van der Waals surface area contributed by atoms with E-state index in [9.17, 15) is 30.6 Å². The van der Waals surface area contributed by atoms with Gasteiger partial charge >= 0.3 is 0 Å². The molecule has 0 aliphatic heterocycles. The van der Waals surface area contributed by atoms with Gasteiger partial charge in [0.2, 0.25) is 11.6 Å². The van der Waals surface area contributed by atoms with E-state index in [2.05, 4.69) is 6.92 Å². The Kier molecular flexibility index (Phi) is 3.61. The SMILES string of the molecule is C[C@@]12CCC[C@H]1[C@@H]1CC[C@H]3CC(O)(O)C(O)(O)C(O)(O)[C@]3(C)[C@H]1CC2. The minimum absolute atomic E-state index is 0.0628. The van der Waals surface area contributed by atoms with Crippen LogP contribution in [0, 0.1) is 34.5 Å². The van der Waals surface area contributed by atoms with Crippen LogP contribution in [0.3, 0.4) is 0 Å². The molecule has 0 radical (unpaired) electrons. The molecule has 0 aromatic heterocycles. The summed E-state index contributed by atoms with van der Waals surface area (Å²) in [7, 11) is 0. The molecule has 6 atom stereocenters. The predicted molar refractivity (Wildman–Crippen MR) is 88.6 cm³/mol. The van der Waals surface area contributed by atoms with Gasteiger partial charge in [0.15, 0.2) is 0 Å². The summed E-state index contributed by atoms with van der Waals surface area (Å²) < 4.78 is 0. The fourth-order valence-corrected chi connectivity index (χ4v) is 7.42. The molecule has 0 aromatic carbocycles. The maximum Gasteiger partial charge on any atom is 0.274 e. The van der Waals surface area contributed by atoms with E-state index in [4.69, 9.17) is 0 Å². The summed E-state index contributed by atoms with van der Waals surface area (Å²) in [4.78, 5) is 0. The lowest BCUT2D eigenvalue weighted by atomic mass is 9.42. The van der Waals surface area contributed by atoms with E-state index in [1.807, 2.05) is 0 Å².